The van der Waals surface area contributed by atoms with E-state index in [0.29, 0.717) is 6.41 Å². The van der Waals surface area contributed by atoms with E-state index in [2.05, 4.69) is 14.9 Å². The fourth-order valence-electron chi connectivity index (χ4n) is 1.56. The Balaban J connectivity index is 1.90. The molecule has 1 heterocycles. The molecule has 1 fully saturated rings. The first kappa shape index (κ1) is 11.4. The first-order valence-electron chi connectivity index (χ1n) is 5.32. The number of nitrogens with zero attached hydrogens (tertiary/aromatic N) is 1. The van der Waals surface area contributed by atoms with Crippen molar-refractivity contribution in [1.29, 1.82) is 0 Å². The summed E-state index contributed by atoms with van der Waals surface area (Å²) >= 11 is 1.77. The van der Waals surface area contributed by atoms with E-state index in [1.807, 2.05) is 24.3 Å². The normalized spacial score (nSPS) is 17.0. The van der Waals surface area contributed by atoms with Crippen LogP contribution in [-0.2, 0) is 4.79 Å². The van der Waals surface area contributed by atoms with Crippen LogP contribution in [0.15, 0.2) is 29.2 Å². The van der Waals surface area contributed by atoms with E-state index in [4.69, 9.17) is 0 Å². The van der Waals surface area contributed by atoms with E-state index in [1.54, 1.807) is 11.9 Å². The highest BCUT2D eigenvalue weighted by Gasteiger charge is 2.10. The topological polar surface area (TPSA) is 44.4 Å². The Morgan fingerprint density at radius 1 is 1.25 bits per heavy atom. The molecule has 0 atom stereocenters. The number of rotatable bonds is 4. The Morgan fingerprint density at radius 2 is 1.94 bits per heavy atom. The predicted molar refractivity (Wildman–Crippen MR) is 66.4 cm³/mol. The molecule has 1 saturated heterocycles. The monoisotopic (exact) mass is 237 g/mol. The number of amides is 1. The van der Waals surface area contributed by atoms with Gasteiger partial charge < -0.3 is 10.6 Å². The van der Waals surface area contributed by atoms with Crippen LogP contribution in [0.1, 0.15) is 0 Å². The molecule has 0 bridgehead atoms. The number of benzene rings is 1. The number of carbonyl (C=O) groups excluding carboxylic acids is 1. The van der Waals surface area contributed by atoms with Crippen molar-refractivity contribution in [2.24, 2.45) is 0 Å². The Labute approximate surface area is 99.5 Å². The van der Waals surface area contributed by atoms with Crippen LogP contribution >= 0.6 is 11.9 Å². The van der Waals surface area contributed by atoms with Crippen molar-refractivity contribution in [1.82, 2.24) is 9.62 Å². The minimum atomic E-state index is 0.693. The molecule has 0 unspecified atom stereocenters. The van der Waals surface area contributed by atoms with Gasteiger partial charge in [0.1, 0.15) is 0 Å². The van der Waals surface area contributed by atoms with Gasteiger partial charge in [-0.25, -0.2) is 4.31 Å². The van der Waals surface area contributed by atoms with Crippen molar-refractivity contribution in [2.45, 2.75) is 4.90 Å². The van der Waals surface area contributed by atoms with Gasteiger partial charge in [0.25, 0.3) is 0 Å². The van der Waals surface area contributed by atoms with E-state index >= 15 is 0 Å². The summed E-state index contributed by atoms with van der Waals surface area (Å²) in [5.41, 5.74) is 0.833. The number of piperazine rings is 1. The molecule has 86 valence electrons. The minimum absolute atomic E-state index is 0.693. The lowest BCUT2D eigenvalue weighted by atomic mass is 10.3. The molecular formula is C11H15N3OS. The summed E-state index contributed by atoms with van der Waals surface area (Å²) in [6.07, 6.45) is 0.693. The lowest BCUT2D eigenvalue weighted by Gasteiger charge is -2.25. The molecule has 2 N–H and O–H groups in total. The van der Waals surface area contributed by atoms with Gasteiger partial charge >= 0.3 is 0 Å². The Bertz CT molecular complexity index is 336. The highest BCUT2D eigenvalue weighted by Crippen LogP contribution is 2.23. The minimum Gasteiger partial charge on any atom is -0.329 e. The summed E-state index contributed by atoms with van der Waals surface area (Å²) in [5.74, 6) is 0. The molecule has 5 heteroatoms. The van der Waals surface area contributed by atoms with Crippen molar-refractivity contribution in [3.63, 3.8) is 0 Å². The van der Waals surface area contributed by atoms with E-state index in [0.717, 1.165) is 31.9 Å². The average molecular weight is 237 g/mol. The maximum absolute atomic E-state index is 10.2. The van der Waals surface area contributed by atoms with Gasteiger partial charge in [0.2, 0.25) is 6.41 Å². The van der Waals surface area contributed by atoms with Crippen LogP contribution in [0.5, 0.6) is 0 Å². The lowest BCUT2D eigenvalue weighted by molar-refractivity contribution is -0.105. The van der Waals surface area contributed by atoms with Gasteiger partial charge in [-0.15, -0.1) is 0 Å². The highest BCUT2D eigenvalue weighted by atomic mass is 32.2. The largest absolute Gasteiger partial charge is 0.329 e. The Kier molecular flexibility index (Phi) is 4.21. The molecule has 4 nitrogen and oxygen atoms in total. The lowest BCUT2D eigenvalue weighted by Crippen LogP contribution is -2.39. The van der Waals surface area contributed by atoms with Crippen LogP contribution in [-0.4, -0.2) is 36.9 Å². The highest BCUT2D eigenvalue weighted by molar-refractivity contribution is 7.97. The summed E-state index contributed by atoms with van der Waals surface area (Å²) in [7, 11) is 0. The first-order valence-corrected chi connectivity index (χ1v) is 6.10. The molecule has 0 spiro atoms. The Morgan fingerprint density at radius 3 is 2.56 bits per heavy atom. The van der Waals surface area contributed by atoms with Crippen molar-refractivity contribution >= 4 is 24.0 Å². The second kappa shape index (κ2) is 5.89. The van der Waals surface area contributed by atoms with E-state index in [1.165, 1.54) is 4.90 Å². The molecule has 1 aromatic carbocycles. The van der Waals surface area contributed by atoms with Crippen LogP contribution in [0.4, 0.5) is 5.69 Å². The average Bonchev–Trinajstić information content (AvgIpc) is 2.33. The summed E-state index contributed by atoms with van der Waals surface area (Å²) < 4.78 is 2.35. The Hall–Kier alpha value is -1.04. The van der Waals surface area contributed by atoms with E-state index in [9.17, 15) is 4.79 Å². The van der Waals surface area contributed by atoms with Gasteiger partial charge in [0, 0.05) is 36.8 Å². The quantitative estimate of drug-likeness (QED) is 0.609. The van der Waals surface area contributed by atoms with Crippen molar-refractivity contribution in [3.05, 3.63) is 24.3 Å². The standard InChI is InChI=1S/C11H15N3OS/c15-9-13-10-1-3-11(4-2-10)16-14-7-5-12-6-8-14/h1-4,9,12H,5-8H2,(H,13,15). The number of hydrogen-bond acceptors (Lipinski definition) is 4. The molecule has 1 aromatic rings. The molecule has 0 saturated carbocycles. The van der Waals surface area contributed by atoms with Crippen LogP contribution in [0, 0.1) is 0 Å². The molecule has 1 aliphatic rings. The number of carbonyl (C=O) groups is 1. The van der Waals surface area contributed by atoms with Gasteiger partial charge in [-0.1, -0.05) is 0 Å². The van der Waals surface area contributed by atoms with Crippen LogP contribution in [0.2, 0.25) is 0 Å². The SMILES string of the molecule is O=CNc1ccc(SN2CCNCC2)cc1. The first-order chi connectivity index (χ1) is 7.88. The summed E-state index contributed by atoms with van der Waals surface area (Å²) in [4.78, 5) is 11.5. The molecule has 0 aliphatic carbocycles. The van der Waals surface area contributed by atoms with Gasteiger partial charge in [-0.05, 0) is 36.2 Å². The van der Waals surface area contributed by atoms with Crippen LogP contribution in [0.25, 0.3) is 0 Å². The molecule has 1 aliphatic heterocycles. The van der Waals surface area contributed by atoms with Crippen molar-refractivity contribution in [2.75, 3.05) is 31.5 Å². The summed E-state index contributed by atoms with van der Waals surface area (Å²) in [5, 5.41) is 5.95. The van der Waals surface area contributed by atoms with Crippen LogP contribution in [0.3, 0.4) is 0 Å². The maximum atomic E-state index is 10.2. The number of nitrogens with one attached hydrogen (secondary N) is 2. The fourth-order valence-corrected chi connectivity index (χ4v) is 2.49. The smallest absolute Gasteiger partial charge is 0.211 e. The van der Waals surface area contributed by atoms with Crippen molar-refractivity contribution in [3.8, 4) is 0 Å². The van der Waals surface area contributed by atoms with Gasteiger partial charge in [-0.2, -0.15) is 0 Å². The third-order valence-electron chi connectivity index (χ3n) is 2.39. The zero-order valence-corrected chi connectivity index (χ0v) is 9.80. The maximum Gasteiger partial charge on any atom is 0.211 e. The molecule has 0 aromatic heterocycles. The second-order valence-electron chi connectivity index (χ2n) is 3.56. The molecule has 16 heavy (non-hydrogen) atoms. The summed E-state index contributed by atoms with van der Waals surface area (Å²) in [6, 6.07) is 7.88. The molecule has 1 amide bonds. The van der Waals surface area contributed by atoms with E-state index in [-0.39, 0.29) is 0 Å². The zero-order valence-electron chi connectivity index (χ0n) is 8.98. The number of anilines is 1. The molecule has 0 radical (unpaired) electrons. The molecular weight excluding hydrogens is 222 g/mol. The van der Waals surface area contributed by atoms with Gasteiger partial charge in [0.15, 0.2) is 0 Å². The van der Waals surface area contributed by atoms with Crippen molar-refractivity contribution < 1.29 is 4.79 Å². The van der Waals surface area contributed by atoms with Gasteiger partial charge in [0.05, 0.1) is 0 Å². The van der Waals surface area contributed by atoms with Crippen LogP contribution < -0.4 is 10.6 Å². The number of hydrogen-bond donors (Lipinski definition) is 2. The molecule has 2 rings (SSSR count). The second-order valence-corrected chi connectivity index (χ2v) is 4.73. The van der Waals surface area contributed by atoms with Gasteiger partial charge in [-0.3, -0.25) is 4.79 Å². The third-order valence-corrected chi connectivity index (χ3v) is 3.50. The fraction of sp³-hybridized carbons (Fsp3) is 0.364. The van der Waals surface area contributed by atoms with E-state index < -0.39 is 0 Å². The predicted octanol–water partition coefficient (Wildman–Crippen LogP) is 1.17. The zero-order chi connectivity index (χ0) is 11.2. The third kappa shape index (κ3) is 3.23. The summed E-state index contributed by atoms with van der Waals surface area (Å²) in [6.45, 7) is 4.24.